The third-order valence-electron chi connectivity index (χ3n) is 19.5. The standard InChI is InChI=1S/C80H143NO18/c1-3-5-7-9-11-13-15-17-19-21-23-25-27-28-29-30-31-32-33-34-36-37-39-41-43-45-47-49-51-53-55-57-64(85)63(81-68(86)58-56-54-52-50-48-46-44-42-40-38-35-26-24-22-20-18-16-14-12-10-8-6-4-2)62-94-78-74(92)71(89)76(66(60-83)96-78)99-80-75(93)72(90)77(67(61-84)97-80)98-79-73(91)70(88)69(87)65(59-82)95-79/h6,8,12,14,18,20,24,26,47,49,55,57,63-67,69-80,82-85,87-93H,3-5,7,9-11,13,15-17,19,21-23,25,27-46,48,50-54,56,58-62H2,1-2H3,(H,81,86)/b8-6-,14-12-,20-18-,26-24-,49-47+,57-55+. The molecule has 12 N–H and O–H groups in total. The lowest BCUT2D eigenvalue weighted by atomic mass is 9.96. The van der Waals surface area contributed by atoms with Gasteiger partial charge in [-0.25, -0.2) is 0 Å². The number of unbranched alkanes of at least 4 members (excludes halogenated alkanes) is 36. The Bertz CT molecular complexity index is 2070. The van der Waals surface area contributed by atoms with Crippen LogP contribution in [0.4, 0.5) is 0 Å². The smallest absolute Gasteiger partial charge is 0.220 e. The van der Waals surface area contributed by atoms with Crippen LogP contribution in [0.15, 0.2) is 72.9 Å². The molecule has 0 aliphatic carbocycles. The molecule has 3 aliphatic rings. The van der Waals surface area contributed by atoms with E-state index >= 15 is 0 Å². The van der Waals surface area contributed by atoms with Gasteiger partial charge in [-0.2, -0.15) is 0 Å². The Morgan fingerprint density at radius 3 is 1.13 bits per heavy atom. The first-order valence-electron chi connectivity index (χ1n) is 39.7. The van der Waals surface area contributed by atoms with Crippen molar-refractivity contribution in [2.75, 3.05) is 26.4 Å². The molecule has 17 unspecified atom stereocenters. The van der Waals surface area contributed by atoms with Gasteiger partial charge in [0.1, 0.15) is 73.2 Å². The second-order valence-electron chi connectivity index (χ2n) is 28.1. The highest BCUT2D eigenvalue weighted by molar-refractivity contribution is 5.76. The molecule has 3 rings (SSSR count). The Kier molecular flexibility index (Phi) is 55.3. The third-order valence-corrected chi connectivity index (χ3v) is 19.5. The van der Waals surface area contributed by atoms with Crippen molar-refractivity contribution in [3.05, 3.63) is 72.9 Å². The molecular formula is C80H143NO18. The van der Waals surface area contributed by atoms with Gasteiger partial charge in [-0.1, -0.05) is 292 Å². The van der Waals surface area contributed by atoms with E-state index in [2.05, 4.69) is 79.9 Å². The van der Waals surface area contributed by atoms with Crippen LogP contribution in [0, 0.1) is 0 Å². The highest BCUT2D eigenvalue weighted by Gasteiger charge is 2.53. The van der Waals surface area contributed by atoms with Crippen LogP contribution in [0.25, 0.3) is 0 Å². The van der Waals surface area contributed by atoms with Gasteiger partial charge >= 0.3 is 0 Å². The fraction of sp³-hybridized carbons (Fsp3) is 0.838. The predicted octanol–water partition coefficient (Wildman–Crippen LogP) is 12.8. The van der Waals surface area contributed by atoms with E-state index in [0.717, 1.165) is 77.0 Å². The highest BCUT2D eigenvalue weighted by Crippen LogP contribution is 2.33. The number of nitrogens with one attached hydrogen (secondary N) is 1. The van der Waals surface area contributed by atoms with Gasteiger partial charge in [0.25, 0.3) is 0 Å². The van der Waals surface area contributed by atoms with E-state index in [4.69, 9.17) is 28.4 Å². The van der Waals surface area contributed by atoms with Gasteiger partial charge in [0, 0.05) is 6.42 Å². The largest absolute Gasteiger partial charge is 0.394 e. The van der Waals surface area contributed by atoms with Gasteiger partial charge in [0.2, 0.25) is 5.91 Å². The number of amides is 1. The monoisotopic (exact) mass is 1410 g/mol. The van der Waals surface area contributed by atoms with Crippen molar-refractivity contribution in [3.8, 4) is 0 Å². The van der Waals surface area contributed by atoms with E-state index in [9.17, 15) is 61.0 Å². The Morgan fingerprint density at radius 2 is 0.707 bits per heavy atom. The zero-order chi connectivity index (χ0) is 71.8. The average Bonchev–Trinajstić information content (AvgIpc) is 0.782. The molecule has 3 fully saturated rings. The van der Waals surface area contributed by atoms with E-state index in [0.29, 0.717) is 12.8 Å². The summed E-state index contributed by atoms with van der Waals surface area (Å²) in [5.74, 6) is -0.290. The lowest BCUT2D eigenvalue weighted by molar-refractivity contribution is -0.379. The summed E-state index contributed by atoms with van der Waals surface area (Å²) in [5.41, 5.74) is 0. The van der Waals surface area contributed by atoms with Crippen molar-refractivity contribution in [3.63, 3.8) is 0 Å². The summed E-state index contributed by atoms with van der Waals surface area (Å²) < 4.78 is 34.4. The SMILES string of the molecule is CC/C=C\C/C=C\C/C=C\C/C=C\CCCCCCCCCCCCC(=O)NC(COC1OC(CO)C(OC2OC(CO)C(OC3OC(CO)C(O)C(O)C3O)C(O)C2O)C(O)C1O)C(O)/C=C/CC/C=C/CCCCCCCCCCCCCCCCCCCCCCCCCCC. The lowest BCUT2D eigenvalue weighted by Crippen LogP contribution is -2.66. The maximum Gasteiger partial charge on any atom is 0.220 e. The number of hydrogen-bond acceptors (Lipinski definition) is 18. The Hall–Kier alpha value is -2.77. The van der Waals surface area contributed by atoms with E-state index < -0.39 is 124 Å². The Balaban J connectivity index is 1.39. The van der Waals surface area contributed by atoms with E-state index in [1.165, 1.54) is 186 Å². The van der Waals surface area contributed by atoms with E-state index in [-0.39, 0.29) is 18.9 Å². The average molecular weight is 1410 g/mol. The molecule has 0 aromatic rings. The van der Waals surface area contributed by atoms with Crippen molar-refractivity contribution in [1.29, 1.82) is 0 Å². The van der Waals surface area contributed by atoms with Crippen molar-refractivity contribution in [2.45, 2.75) is 401 Å². The fourth-order valence-corrected chi connectivity index (χ4v) is 13.1. The van der Waals surface area contributed by atoms with Crippen LogP contribution in [-0.2, 0) is 33.2 Å². The molecular weight excluding hydrogens is 1260 g/mol. The molecule has 19 heteroatoms. The normalized spacial score (nSPS) is 27.0. The molecule has 3 saturated heterocycles. The highest BCUT2D eigenvalue weighted by atomic mass is 16.8. The van der Waals surface area contributed by atoms with Crippen LogP contribution in [-0.4, -0.2) is 193 Å². The van der Waals surface area contributed by atoms with Crippen molar-refractivity contribution in [1.82, 2.24) is 5.32 Å². The van der Waals surface area contributed by atoms with Crippen molar-refractivity contribution < 1.29 is 89.4 Å². The van der Waals surface area contributed by atoms with Crippen LogP contribution in [0.2, 0.25) is 0 Å². The first-order valence-corrected chi connectivity index (χ1v) is 39.7. The number of aliphatic hydroxyl groups excluding tert-OH is 11. The molecule has 0 bridgehead atoms. The molecule has 3 heterocycles. The fourth-order valence-electron chi connectivity index (χ4n) is 13.1. The minimum atomic E-state index is -1.98. The van der Waals surface area contributed by atoms with Gasteiger partial charge < -0.3 is 89.9 Å². The van der Waals surface area contributed by atoms with Gasteiger partial charge in [-0.15, -0.1) is 0 Å². The van der Waals surface area contributed by atoms with Crippen LogP contribution in [0.3, 0.4) is 0 Å². The van der Waals surface area contributed by atoms with Gasteiger partial charge in [-0.05, 0) is 70.6 Å². The van der Waals surface area contributed by atoms with Crippen molar-refractivity contribution in [2.24, 2.45) is 0 Å². The Labute approximate surface area is 598 Å². The first-order chi connectivity index (χ1) is 48.3. The van der Waals surface area contributed by atoms with Gasteiger partial charge in [-0.3, -0.25) is 4.79 Å². The first kappa shape index (κ1) is 90.4. The molecule has 0 aromatic carbocycles. The second-order valence-corrected chi connectivity index (χ2v) is 28.1. The maximum atomic E-state index is 13.5. The molecule has 0 aromatic heterocycles. The molecule has 1 amide bonds. The summed E-state index contributed by atoms with van der Waals surface area (Å²) in [4.78, 5) is 13.5. The van der Waals surface area contributed by atoms with Gasteiger partial charge in [0.15, 0.2) is 18.9 Å². The number of allylic oxidation sites excluding steroid dienone is 11. The molecule has 0 saturated carbocycles. The summed E-state index contributed by atoms with van der Waals surface area (Å²) in [6, 6.07) is -0.998. The van der Waals surface area contributed by atoms with Crippen molar-refractivity contribution >= 4 is 5.91 Å². The van der Waals surface area contributed by atoms with E-state index in [1.54, 1.807) is 6.08 Å². The lowest BCUT2D eigenvalue weighted by Gasteiger charge is -2.48. The third kappa shape index (κ3) is 40.9. The maximum absolute atomic E-state index is 13.5. The minimum Gasteiger partial charge on any atom is -0.394 e. The van der Waals surface area contributed by atoms with Crippen LogP contribution in [0.1, 0.15) is 296 Å². The molecule has 19 nitrogen and oxygen atoms in total. The summed E-state index contributed by atoms with van der Waals surface area (Å²) in [7, 11) is 0. The topological polar surface area (TPSA) is 307 Å². The molecule has 17 atom stereocenters. The number of hydrogen-bond donors (Lipinski definition) is 12. The summed E-state index contributed by atoms with van der Waals surface area (Å²) in [5, 5.41) is 121. The van der Waals surface area contributed by atoms with Crippen LogP contribution >= 0.6 is 0 Å². The molecule has 576 valence electrons. The summed E-state index contributed by atoms with van der Waals surface area (Å²) >= 11 is 0. The molecule has 99 heavy (non-hydrogen) atoms. The number of carbonyl (C=O) groups is 1. The zero-order valence-corrected chi connectivity index (χ0v) is 61.5. The zero-order valence-electron chi connectivity index (χ0n) is 61.5. The number of ether oxygens (including phenoxy) is 6. The minimum absolute atomic E-state index is 0.227. The molecule has 3 aliphatic heterocycles. The predicted molar refractivity (Wildman–Crippen MR) is 392 cm³/mol. The van der Waals surface area contributed by atoms with Crippen LogP contribution in [0.5, 0.6) is 0 Å². The van der Waals surface area contributed by atoms with E-state index in [1.807, 2.05) is 6.08 Å². The summed E-state index contributed by atoms with van der Waals surface area (Å²) in [6.07, 6.45) is 51.8. The number of carbonyl (C=O) groups excluding carboxylic acids is 1. The number of rotatable bonds is 62. The second kappa shape index (κ2) is 60.5. The summed E-state index contributed by atoms with van der Waals surface area (Å²) in [6.45, 7) is 1.63. The quantitative estimate of drug-likeness (QED) is 0.0199. The molecule has 0 radical (unpaired) electrons. The van der Waals surface area contributed by atoms with Gasteiger partial charge in [0.05, 0.1) is 38.6 Å². The van der Waals surface area contributed by atoms with Crippen LogP contribution < -0.4 is 5.32 Å². The Morgan fingerprint density at radius 1 is 0.374 bits per heavy atom. The molecule has 0 spiro atoms. The number of aliphatic hydroxyl groups is 11.